The van der Waals surface area contributed by atoms with E-state index < -0.39 is 6.04 Å². The SMILES string of the molecule is NC(c1ccc(Br)o1)c1cc2cc(Br)ccc2o1. The van der Waals surface area contributed by atoms with Crippen LogP contribution < -0.4 is 5.73 Å². The van der Waals surface area contributed by atoms with E-state index in [2.05, 4.69) is 31.9 Å². The van der Waals surface area contributed by atoms with Gasteiger partial charge in [-0.25, -0.2) is 0 Å². The number of nitrogens with two attached hydrogens (primary N) is 1. The first-order valence-electron chi connectivity index (χ1n) is 5.33. The first-order valence-corrected chi connectivity index (χ1v) is 6.92. The van der Waals surface area contributed by atoms with E-state index in [0.717, 1.165) is 15.4 Å². The number of hydrogen-bond acceptors (Lipinski definition) is 3. The molecule has 2 heterocycles. The molecule has 0 radical (unpaired) electrons. The van der Waals surface area contributed by atoms with Crippen molar-refractivity contribution >= 4 is 42.8 Å². The predicted octanol–water partition coefficient (Wildman–Crippen LogP) is 4.60. The van der Waals surface area contributed by atoms with E-state index in [1.807, 2.05) is 36.4 Å². The second-order valence-corrected chi connectivity index (χ2v) is 5.65. The van der Waals surface area contributed by atoms with Gasteiger partial charge >= 0.3 is 0 Å². The van der Waals surface area contributed by atoms with Crippen molar-refractivity contribution in [2.75, 3.05) is 0 Å². The van der Waals surface area contributed by atoms with Gasteiger partial charge < -0.3 is 14.6 Å². The Balaban J connectivity index is 2.03. The Hall–Kier alpha value is -1.04. The molecule has 2 N–H and O–H groups in total. The van der Waals surface area contributed by atoms with Gasteiger partial charge in [-0.05, 0) is 52.3 Å². The van der Waals surface area contributed by atoms with Gasteiger partial charge in [-0.1, -0.05) is 15.9 Å². The summed E-state index contributed by atoms with van der Waals surface area (Å²) < 4.78 is 12.8. The average Bonchev–Trinajstić information content (AvgIpc) is 2.93. The molecule has 3 nitrogen and oxygen atoms in total. The molecule has 0 saturated carbocycles. The summed E-state index contributed by atoms with van der Waals surface area (Å²) >= 11 is 6.69. The maximum atomic E-state index is 6.11. The fraction of sp³-hybridized carbons (Fsp3) is 0.0769. The summed E-state index contributed by atoms with van der Waals surface area (Å²) in [5.74, 6) is 1.35. The molecule has 1 atom stereocenters. The van der Waals surface area contributed by atoms with Crippen molar-refractivity contribution in [3.8, 4) is 0 Å². The van der Waals surface area contributed by atoms with Crippen LogP contribution in [0.1, 0.15) is 17.6 Å². The van der Waals surface area contributed by atoms with E-state index in [4.69, 9.17) is 14.6 Å². The standard InChI is InChI=1S/C13H9Br2NO2/c14-8-1-2-9-7(5-8)6-11(17-9)13(16)10-3-4-12(15)18-10/h1-6,13H,16H2. The van der Waals surface area contributed by atoms with Crippen LogP contribution in [0, 0.1) is 0 Å². The molecule has 1 unspecified atom stereocenters. The van der Waals surface area contributed by atoms with Crippen LogP contribution in [-0.4, -0.2) is 0 Å². The Bertz CT molecular complexity index is 702. The number of hydrogen-bond donors (Lipinski definition) is 1. The molecule has 92 valence electrons. The third-order valence-corrected chi connectivity index (χ3v) is 3.62. The van der Waals surface area contributed by atoms with Crippen molar-refractivity contribution in [2.24, 2.45) is 5.73 Å². The second-order valence-electron chi connectivity index (χ2n) is 3.95. The molecule has 3 rings (SSSR count). The highest BCUT2D eigenvalue weighted by atomic mass is 79.9. The molecule has 0 aliphatic rings. The van der Waals surface area contributed by atoms with Crippen LogP contribution in [0.3, 0.4) is 0 Å². The van der Waals surface area contributed by atoms with Crippen molar-refractivity contribution in [3.63, 3.8) is 0 Å². The normalized spacial score (nSPS) is 13.1. The zero-order chi connectivity index (χ0) is 12.7. The monoisotopic (exact) mass is 369 g/mol. The Kier molecular flexibility index (Phi) is 3.05. The number of rotatable bonds is 2. The minimum atomic E-state index is -0.400. The quantitative estimate of drug-likeness (QED) is 0.717. The summed E-state index contributed by atoms with van der Waals surface area (Å²) in [6.45, 7) is 0. The summed E-state index contributed by atoms with van der Waals surface area (Å²) in [5.41, 5.74) is 6.93. The van der Waals surface area contributed by atoms with Crippen molar-refractivity contribution in [1.82, 2.24) is 0 Å². The van der Waals surface area contributed by atoms with E-state index >= 15 is 0 Å². The van der Waals surface area contributed by atoms with E-state index in [1.54, 1.807) is 0 Å². The molecular weight excluding hydrogens is 362 g/mol. The van der Waals surface area contributed by atoms with Crippen molar-refractivity contribution in [2.45, 2.75) is 6.04 Å². The lowest BCUT2D eigenvalue weighted by Crippen LogP contribution is -2.09. The Labute approximate surface area is 120 Å². The minimum Gasteiger partial charge on any atom is -0.459 e. The molecule has 0 aliphatic heterocycles. The molecule has 0 spiro atoms. The smallest absolute Gasteiger partial charge is 0.169 e. The van der Waals surface area contributed by atoms with Crippen molar-refractivity contribution in [3.05, 3.63) is 57.1 Å². The molecule has 0 fully saturated rings. The maximum Gasteiger partial charge on any atom is 0.169 e. The number of halogens is 2. The summed E-state index contributed by atoms with van der Waals surface area (Å²) in [6.07, 6.45) is 0. The first-order chi connectivity index (χ1) is 8.63. The lowest BCUT2D eigenvalue weighted by Gasteiger charge is -2.03. The highest BCUT2D eigenvalue weighted by Gasteiger charge is 2.17. The van der Waals surface area contributed by atoms with Gasteiger partial charge in [0.2, 0.25) is 0 Å². The van der Waals surface area contributed by atoms with Gasteiger partial charge in [0.25, 0.3) is 0 Å². The minimum absolute atomic E-state index is 0.400. The number of furan rings is 2. The van der Waals surface area contributed by atoms with E-state index in [0.29, 0.717) is 16.2 Å². The first kappa shape index (κ1) is 12.0. The maximum absolute atomic E-state index is 6.11. The summed E-state index contributed by atoms with van der Waals surface area (Å²) in [7, 11) is 0. The molecule has 5 heteroatoms. The van der Waals surface area contributed by atoms with Gasteiger partial charge in [-0.2, -0.15) is 0 Å². The van der Waals surface area contributed by atoms with Crippen molar-refractivity contribution in [1.29, 1.82) is 0 Å². The molecular formula is C13H9Br2NO2. The largest absolute Gasteiger partial charge is 0.459 e. The van der Waals surface area contributed by atoms with Crippen LogP contribution in [0.25, 0.3) is 11.0 Å². The molecule has 0 saturated heterocycles. The molecule has 3 aromatic rings. The molecule has 0 bridgehead atoms. The highest BCUT2D eigenvalue weighted by molar-refractivity contribution is 9.10. The topological polar surface area (TPSA) is 52.3 Å². The summed E-state index contributed by atoms with van der Waals surface area (Å²) in [6, 6.07) is 11.0. The predicted molar refractivity (Wildman–Crippen MR) is 76.4 cm³/mol. The Morgan fingerprint density at radius 2 is 1.78 bits per heavy atom. The lowest BCUT2D eigenvalue weighted by atomic mass is 10.1. The third kappa shape index (κ3) is 2.13. The Morgan fingerprint density at radius 1 is 0.944 bits per heavy atom. The highest BCUT2D eigenvalue weighted by Crippen LogP contribution is 2.30. The molecule has 0 aliphatic carbocycles. The Morgan fingerprint density at radius 3 is 2.50 bits per heavy atom. The zero-order valence-electron chi connectivity index (χ0n) is 9.19. The summed E-state index contributed by atoms with van der Waals surface area (Å²) in [5, 5.41) is 1.01. The lowest BCUT2D eigenvalue weighted by molar-refractivity contribution is 0.433. The number of benzene rings is 1. The van der Waals surface area contributed by atoms with Crippen LogP contribution >= 0.6 is 31.9 Å². The fourth-order valence-electron chi connectivity index (χ4n) is 1.82. The zero-order valence-corrected chi connectivity index (χ0v) is 12.4. The second kappa shape index (κ2) is 4.57. The van der Waals surface area contributed by atoms with Gasteiger partial charge in [-0.15, -0.1) is 0 Å². The van der Waals surface area contributed by atoms with Crippen LogP contribution in [0.2, 0.25) is 0 Å². The van der Waals surface area contributed by atoms with Gasteiger partial charge in [0.05, 0.1) is 0 Å². The van der Waals surface area contributed by atoms with E-state index in [1.165, 1.54) is 0 Å². The molecule has 2 aromatic heterocycles. The molecule has 1 aromatic carbocycles. The van der Waals surface area contributed by atoms with Gasteiger partial charge in [0.15, 0.2) is 4.67 Å². The third-order valence-electron chi connectivity index (χ3n) is 2.70. The van der Waals surface area contributed by atoms with Crippen molar-refractivity contribution < 1.29 is 8.83 Å². The fourth-order valence-corrected chi connectivity index (χ4v) is 2.52. The van der Waals surface area contributed by atoms with Gasteiger partial charge in [0, 0.05) is 9.86 Å². The average molecular weight is 371 g/mol. The number of fused-ring (bicyclic) bond motifs is 1. The van der Waals surface area contributed by atoms with E-state index in [9.17, 15) is 0 Å². The molecule has 0 amide bonds. The van der Waals surface area contributed by atoms with Crippen LogP contribution in [0.15, 0.2) is 54.4 Å². The van der Waals surface area contributed by atoms with Crippen LogP contribution in [-0.2, 0) is 0 Å². The van der Waals surface area contributed by atoms with Crippen LogP contribution in [0.4, 0.5) is 0 Å². The summed E-state index contributed by atoms with van der Waals surface area (Å²) in [4.78, 5) is 0. The van der Waals surface area contributed by atoms with E-state index in [-0.39, 0.29) is 0 Å². The van der Waals surface area contributed by atoms with Crippen LogP contribution in [0.5, 0.6) is 0 Å². The molecule has 18 heavy (non-hydrogen) atoms. The van der Waals surface area contributed by atoms with Gasteiger partial charge in [0.1, 0.15) is 23.1 Å². The van der Waals surface area contributed by atoms with Gasteiger partial charge in [-0.3, -0.25) is 0 Å².